The molecule has 0 radical (unpaired) electrons. The van der Waals surface area contributed by atoms with Gasteiger partial charge in [0.2, 0.25) is 0 Å². The van der Waals surface area contributed by atoms with Gasteiger partial charge < -0.3 is 14.6 Å². The zero-order chi connectivity index (χ0) is 36.8. The van der Waals surface area contributed by atoms with E-state index in [4.69, 9.17) is 14.6 Å². The number of hydrogen-bond donors (Lipinski definition) is 2. The molecule has 12 heteroatoms. The number of anilines is 2. The Balaban J connectivity index is 0.996. The van der Waals surface area contributed by atoms with Gasteiger partial charge in [-0.05, 0) is 111 Å². The molecule has 2 amide bonds. The molecule has 2 N–H and O–H groups in total. The average Bonchev–Trinajstić information content (AvgIpc) is 3.67. The second kappa shape index (κ2) is 12.1. The summed E-state index contributed by atoms with van der Waals surface area (Å²) in [5, 5.41) is 18.8. The number of ether oxygens (including phenoxy) is 2. The maximum Gasteiger partial charge on any atom is 0.355 e. The smallest absolute Gasteiger partial charge is 0.355 e. The van der Waals surface area contributed by atoms with Crippen molar-refractivity contribution in [3.05, 3.63) is 72.2 Å². The van der Waals surface area contributed by atoms with Crippen LogP contribution in [-0.4, -0.2) is 62.2 Å². The standard InChI is InChI=1S/C41H44N6O5S/c1-5-52-41-21-38(3)18-39(4,22-41)20-40(19-38,23-41)24-47-25(2)28(17-42-47)27-11-12-29(43-34(27)35(48)49)26-10-13-32-31(16-26)46(14-15-51-32)37(50)45-36-44-30-8-6-7-9-33(30)53-36/h6-13,16-17H,5,14-15,18-24H2,1-4H3,(H,48,49)(H,44,45,50). The van der Waals surface area contributed by atoms with Gasteiger partial charge >= 0.3 is 12.0 Å². The Morgan fingerprint density at radius 3 is 2.53 bits per heavy atom. The van der Waals surface area contributed by atoms with Crippen molar-refractivity contribution in [2.75, 3.05) is 30.0 Å². The summed E-state index contributed by atoms with van der Waals surface area (Å²) in [6.45, 7) is 11.2. The van der Waals surface area contributed by atoms with Crippen molar-refractivity contribution >= 4 is 44.4 Å². The molecular formula is C41H44N6O5S. The number of pyridine rings is 1. The number of hydrogen-bond acceptors (Lipinski definition) is 8. The fourth-order valence-corrected chi connectivity index (χ4v) is 12.2. The summed E-state index contributed by atoms with van der Waals surface area (Å²) < 4.78 is 15.6. The van der Waals surface area contributed by atoms with E-state index in [1.54, 1.807) is 17.2 Å². The highest BCUT2D eigenvalue weighted by Gasteiger charge is 2.66. The highest BCUT2D eigenvalue weighted by Crippen LogP contribution is 2.72. The van der Waals surface area contributed by atoms with Gasteiger partial charge in [-0.15, -0.1) is 0 Å². The summed E-state index contributed by atoms with van der Waals surface area (Å²) in [7, 11) is 0. The molecular weight excluding hydrogens is 689 g/mol. The fourth-order valence-electron chi connectivity index (χ4n) is 11.3. The quantitative estimate of drug-likeness (QED) is 0.162. The number of aromatic carboxylic acids is 1. The third-order valence-corrected chi connectivity index (χ3v) is 12.9. The Morgan fingerprint density at radius 2 is 1.77 bits per heavy atom. The lowest BCUT2D eigenvalue weighted by Crippen LogP contribution is -2.64. The predicted octanol–water partition coefficient (Wildman–Crippen LogP) is 8.82. The van der Waals surface area contributed by atoms with Gasteiger partial charge in [0.05, 0.1) is 39.9 Å². The summed E-state index contributed by atoms with van der Waals surface area (Å²) in [5.41, 5.74) is 5.22. The molecule has 11 nitrogen and oxygen atoms in total. The van der Waals surface area contributed by atoms with Crippen molar-refractivity contribution < 1.29 is 24.2 Å². The molecule has 2 unspecified atom stereocenters. The molecule has 4 heterocycles. The van der Waals surface area contributed by atoms with E-state index < -0.39 is 5.97 Å². The summed E-state index contributed by atoms with van der Waals surface area (Å²) in [6.07, 6.45) is 8.63. The number of carboxylic acid groups (broad SMARTS) is 1. The van der Waals surface area contributed by atoms with E-state index in [-0.39, 0.29) is 33.6 Å². The molecule has 274 valence electrons. The second-order valence-corrected chi connectivity index (χ2v) is 17.6. The van der Waals surface area contributed by atoms with Crippen LogP contribution < -0.4 is 15.0 Å². The summed E-state index contributed by atoms with van der Waals surface area (Å²) in [5.74, 6) is -0.556. The lowest BCUT2D eigenvalue weighted by molar-refractivity contribution is -0.246. The maximum absolute atomic E-state index is 13.5. The normalized spacial score (nSPS) is 27.1. The van der Waals surface area contributed by atoms with E-state index in [2.05, 4.69) is 40.7 Å². The van der Waals surface area contributed by atoms with Gasteiger partial charge in [-0.2, -0.15) is 5.10 Å². The van der Waals surface area contributed by atoms with Crippen LogP contribution in [0.5, 0.6) is 5.75 Å². The highest BCUT2D eigenvalue weighted by molar-refractivity contribution is 7.22. The zero-order valence-electron chi connectivity index (χ0n) is 30.6. The van der Waals surface area contributed by atoms with Crippen LogP contribution in [0.1, 0.15) is 75.5 Å². The fraction of sp³-hybridized carbons (Fsp3) is 0.439. The van der Waals surface area contributed by atoms with Crippen molar-refractivity contribution in [1.82, 2.24) is 19.7 Å². The molecule has 5 aromatic rings. The number of rotatable bonds is 8. The number of aromatic nitrogens is 4. The lowest BCUT2D eigenvalue weighted by Gasteiger charge is -2.69. The zero-order valence-corrected chi connectivity index (χ0v) is 31.4. The minimum Gasteiger partial charge on any atom is -0.490 e. The minimum atomic E-state index is -1.12. The summed E-state index contributed by atoms with van der Waals surface area (Å²) in [6, 6.07) is 16.5. The first kappa shape index (κ1) is 34.0. The van der Waals surface area contributed by atoms with Crippen molar-refractivity contribution in [3.8, 4) is 28.1 Å². The monoisotopic (exact) mass is 732 g/mol. The first-order chi connectivity index (χ1) is 25.4. The molecule has 5 aliphatic rings. The van der Waals surface area contributed by atoms with Gasteiger partial charge in [0.25, 0.3) is 0 Å². The van der Waals surface area contributed by atoms with Crippen LogP contribution >= 0.6 is 11.3 Å². The van der Waals surface area contributed by atoms with Gasteiger partial charge in [0.15, 0.2) is 10.8 Å². The Morgan fingerprint density at radius 1 is 0.981 bits per heavy atom. The van der Waals surface area contributed by atoms with Gasteiger partial charge in [-0.1, -0.05) is 37.3 Å². The van der Waals surface area contributed by atoms with Crippen LogP contribution in [0.25, 0.3) is 32.6 Å². The average molecular weight is 733 g/mol. The maximum atomic E-state index is 13.5. The number of nitrogens with one attached hydrogen (secondary N) is 1. The molecule has 2 atom stereocenters. The molecule has 1 aliphatic heterocycles. The number of carbonyl (C=O) groups excluding carboxylic acids is 1. The summed E-state index contributed by atoms with van der Waals surface area (Å²) >= 11 is 1.41. The van der Waals surface area contributed by atoms with E-state index in [1.165, 1.54) is 17.8 Å². The van der Waals surface area contributed by atoms with E-state index >= 15 is 0 Å². The molecule has 0 spiro atoms. The van der Waals surface area contributed by atoms with Crippen LogP contribution in [0.15, 0.2) is 60.8 Å². The minimum absolute atomic E-state index is 0.0466. The van der Waals surface area contributed by atoms with Crippen molar-refractivity contribution in [3.63, 3.8) is 0 Å². The van der Waals surface area contributed by atoms with E-state index in [1.807, 2.05) is 55.5 Å². The number of thiazole rings is 1. The number of fused-ring (bicyclic) bond motifs is 2. The SMILES string of the molecule is CCOC12CC3(C)CC(C)(CC(Cn4ncc(-c5ccc(-c6ccc7c(c6)N(C(=O)Nc6nc8ccccc8s6)CCO7)nc5C(=O)O)c4C)(C3)C1)C2. The number of benzene rings is 2. The van der Waals surface area contributed by atoms with Crippen LogP contribution in [0.4, 0.5) is 15.6 Å². The largest absolute Gasteiger partial charge is 0.490 e. The van der Waals surface area contributed by atoms with Gasteiger partial charge in [-0.3, -0.25) is 14.9 Å². The molecule has 2 aromatic carbocycles. The molecule has 4 fully saturated rings. The van der Waals surface area contributed by atoms with Crippen LogP contribution in [0.3, 0.4) is 0 Å². The molecule has 4 bridgehead atoms. The van der Waals surface area contributed by atoms with E-state index in [0.717, 1.165) is 66.7 Å². The molecule has 3 aromatic heterocycles. The number of urea groups is 1. The van der Waals surface area contributed by atoms with Crippen molar-refractivity contribution in [2.24, 2.45) is 16.2 Å². The third-order valence-electron chi connectivity index (χ3n) is 11.9. The Hall–Kier alpha value is -4.81. The first-order valence-electron chi connectivity index (χ1n) is 18.5. The van der Waals surface area contributed by atoms with Crippen LogP contribution in [0.2, 0.25) is 0 Å². The second-order valence-electron chi connectivity index (χ2n) is 16.6. The van der Waals surface area contributed by atoms with Crippen LogP contribution in [-0.2, 0) is 11.3 Å². The molecule has 0 saturated heterocycles. The van der Waals surface area contributed by atoms with Gasteiger partial charge in [0, 0.05) is 35.5 Å². The lowest BCUT2D eigenvalue weighted by atomic mass is 9.39. The predicted molar refractivity (Wildman–Crippen MR) is 205 cm³/mol. The molecule has 53 heavy (non-hydrogen) atoms. The number of para-hydroxylation sites is 1. The van der Waals surface area contributed by atoms with Gasteiger partial charge in [0.1, 0.15) is 12.4 Å². The summed E-state index contributed by atoms with van der Waals surface area (Å²) in [4.78, 5) is 37.2. The Kier molecular flexibility index (Phi) is 7.76. The van der Waals surface area contributed by atoms with Gasteiger partial charge in [-0.25, -0.2) is 19.6 Å². The number of carboxylic acids is 1. The number of nitrogens with zero attached hydrogens (tertiary/aromatic N) is 5. The first-order valence-corrected chi connectivity index (χ1v) is 19.3. The van der Waals surface area contributed by atoms with E-state index in [0.29, 0.717) is 46.5 Å². The molecule has 4 aliphatic carbocycles. The van der Waals surface area contributed by atoms with E-state index in [9.17, 15) is 14.7 Å². The molecule has 4 saturated carbocycles. The third kappa shape index (κ3) is 5.86. The Bertz CT molecular complexity index is 2250. The highest BCUT2D eigenvalue weighted by atomic mass is 32.1. The van der Waals surface area contributed by atoms with Crippen molar-refractivity contribution in [1.29, 1.82) is 0 Å². The molecule has 10 rings (SSSR count). The number of amides is 2. The Labute approximate surface area is 312 Å². The van der Waals surface area contributed by atoms with Crippen molar-refractivity contribution in [2.45, 2.75) is 78.4 Å². The topological polar surface area (TPSA) is 132 Å². The van der Waals surface area contributed by atoms with Crippen LogP contribution in [0, 0.1) is 23.2 Å². The number of carbonyl (C=O) groups is 2.